The number of nitrogens with one attached hydrogen (secondary N) is 1. The van der Waals surface area contributed by atoms with Crippen LogP contribution >= 0.6 is 0 Å². The Hall–Kier alpha value is -2.11. The number of amides is 2. The molecule has 6 nitrogen and oxygen atoms in total. The van der Waals surface area contributed by atoms with Gasteiger partial charge in [-0.25, -0.2) is 4.79 Å². The zero-order chi connectivity index (χ0) is 15.7. The first kappa shape index (κ1) is 16.9. The van der Waals surface area contributed by atoms with Crippen molar-refractivity contribution in [3.8, 4) is 0 Å². The second kappa shape index (κ2) is 8.94. The molecule has 0 spiro atoms. The Labute approximate surface area is 125 Å². The van der Waals surface area contributed by atoms with E-state index in [-0.39, 0.29) is 18.5 Å². The Morgan fingerprint density at radius 1 is 1.38 bits per heavy atom. The Kier molecular flexibility index (Phi) is 7.21. The molecule has 2 amide bonds. The molecule has 0 saturated heterocycles. The van der Waals surface area contributed by atoms with E-state index in [1.54, 1.807) is 11.1 Å². The Morgan fingerprint density at radius 2 is 2.14 bits per heavy atom. The number of hydrogen-bond donors (Lipinski definition) is 2. The van der Waals surface area contributed by atoms with E-state index in [4.69, 9.17) is 5.11 Å². The molecule has 1 aromatic rings. The van der Waals surface area contributed by atoms with Crippen LogP contribution in [-0.2, 0) is 11.2 Å². The molecule has 2 N–H and O–H groups in total. The highest BCUT2D eigenvalue weighted by Gasteiger charge is 2.16. The third kappa shape index (κ3) is 6.74. The molecular weight excluding hydrogens is 270 g/mol. The summed E-state index contributed by atoms with van der Waals surface area (Å²) in [5.41, 5.74) is 0.930. The number of pyridine rings is 1. The Bertz CT molecular complexity index is 449. The van der Waals surface area contributed by atoms with E-state index < -0.39 is 5.97 Å². The van der Waals surface area contributed by atoms with Crippen LogP contribution in [0.4, 0.5) is 4.79 Å². The van der Waals surface area contributed by atoms with E-state index in [1.165, 1.54) is 0 Å². The summed E-state index contributed by atoms with van der Waals surface area (Å²) in [6.07, 6.45) is 2.93. The van der Waals surface area contributed by atoms with Crippen molar-refractivity contribution in [3.05, 3.63) is 30.1 Å². The molecule has 0 atom stereocenters. The molecule has 0 aromatic carbocycles. The minimum Gasteiger partial charge on any atom is -0.481 e. The van der Waals surface area contributed by atoms with Gasteiger partial charge in [-0.05, 0) is 32.4 Å². The molecule has 0 aliphatic heterocycles. The highest BCUT2D eigenvalue weighted by molar-refractivity contribution is 5.74. The first-order valence-electron chi connectivity index (χ1n) is 7.17. The van der Waals surface area contributed by atoms with Crippen molar-refractivity contribution in [3.63, 3.8) is 0 Å². The van der Waals surface area contributed by atoms with Crippen molar-refractivity contribution >= 4 is 12.0 Å². The van der Waals surface area contributed by atoms with Gasteiger partial charge in [0.2, 0.25) is 0 Å². The van der Waals surface area contributed by atoms with Crippen molar-refractivity contribution in [2.45, 2.75) is 39.2 Å². The number of rotatable bonds is 8. The molecular formula is C15H23N3O3. The molecule has 1 aromatic heterocycles. The maximum atomic E-state index is 12.1. The van der Waals surface area contributed by atoms with Crippen molar-refractivity contribution in [2.24, 2.45) is 0 Å². The fourth-order valence-corrected chi connectivity index (χ4v) is 1.94. The van der Waals surface area contributed by atoms with Gasteiger partial charge in [-0.3, -0.25) is 9.78 Å². The normalized spacial score (nSPS) is 10.4. The Morgan fingerprint density at radius 3 is 2.71 bits per heavy atom. The highest BCUT2D eigenvalue weighted by atomic mass is 16.4. The lowest BCUT2D eigenvalue weighted by Crippen LogP contribution is -2.45. The number of carbonyl (C=O) groups is 2. The van der Waals surface area contributed by atoms with Crippen LogP contribution in [0.2, 0.25) is 0 Å². The standard InChI is InChI=1S/C15H23N3O3/c1-12(2)18(11-5-7-14(19)20)15(21)17-10-8-13-6-3-4-9-16-13/h3-4,6,9,12H,5,7-8,10-11H2,1-2H3,(H,17,21)(H,19,20). The number of urea groups is 1. The van der Waals surface area contributed by atoms with Gasteiger partial charge in [0, 0.05) is 43.9 Å². The van der Waals surface area contributed by atoms with E-state index >= 15 is 0 Å². The third-order valence-electron chi connectivity index (χ3n) is 3.06. The molecule has 21 heavy (non-hydrogen) atoms. The van der Waals surface area contributed by atoms with Crippen molar-refractivity contribution < 1.29 is 14.7 Å². The lowest BCUT2D eigenvalue weighted by atomic mass is 10.2. The summed E-state index contributed by atoms with van der Waals surface area (Å²) in [6.45, 7) is 4.79. The summed E-state index contributed by atoms with van der Waals surface area (Å²) in [5, 5.41) is 11.5. The van der Waals surface area contributed by atoms with Crippen LogP contribution in [0, 0.1) is 0 Å². The van der Waals surface area contributed by atoms with Gasteiger partial charge in [-0.1, -0.05) is 6.07 Å². The number of aromatic nitrogens is 1. The number of carboxylic acid groups (broad SMARTS) is 1. The zero-order valence-corrected chi connectivity index (χ0v) is 12.6. The summed E-state index contributed by atoms with van der Waals surface area (Å²) in [5.74, 6) is -0.839. The summed E-state index contributed by atoms with van der Waals surface area (Å²) in [6, 6.07) is 5.56. The molecule has 0 aliphatic rings. The third-order valence-corrected chi connectivity index (χ3v) is 3.06. The fourth-order valence-electron chi connectivity index (χ4n) is 1.94. The van der Waals surface area contributed by atoms with Crippen molar-refractivity contribution in [1.29, 1.82) is 0 Å². The van der Waals surface area contributed by atoms with Gasteiger partial charge in [0.1, 0.15) is 0 Å². The van der Waals surface area contributed by atoms with Crippen LogP contribution in [0.25, 0.3) is 0 Å². The van der Waals surface area contributed by atoms with Crippen LogP contribution in [0.5, 0.6) is 0 Å². The first-order valence-corrected chi connectivity index (χ1v) is 7.17. The average Bonchev–Trinajstić information content (AvgIpc) is 2.44. The van der Waals surface area contributed by atoms with Crippen molar-refractivity contribution in [2.75, 3.05) is 13.1 Å². The molecule has 6 heteroatoms. The quantitative estimate of drug-likeness (QED) is 0.767. The van der Waals surface area contributed by atoms with Crippen LogP contribution in [0.15, 0.2) is 24.4 Å². The number of nitrogens with zero attached hydrogens (tertiary/aromatic N) is 2. The summed E-state index contributed by atoms with van der Waals surface area (Å²) in [4.78, 5) is 28.5. The number of carboxylic acids is 1. The summed E-state index contributed by atoms with van der Waals surface area (Å²) >= 11 is 0. The van der Waals surface area contributed by atoms with E-state index in [0.717, 1.165) is 5.69 Å². The van der Waals surface area contributed by atoms with Gasteiger partial charge in [0.15, 0.2) is 0 Å². The minimum absolute atomic E-state index is 0.0358. The largest absolute Gasteiger partial charge is 0.481 e. The lowest BCUT2D eigenvalue weighted by molar-refractivity contribution is -0.137. The Balaban J connectivity index is 2.36. The van der Waals surface area contributed by atoms with Gasteiger partial charge in [-0.2, -0.15) is 0 Å². The van der Waals surface area contributed by atoms with E-state index in [9.17, 15) is 9.59 Å². The first-order chi connectivity index (χ1) is 10.0. The summed E-state index contributed by atoms with van der Waals surface area (Å²) < 4.78 is 0. The fraction of sp³-hybridized carbons (Fsp3) is 0.533. The van der Waals surface area contributed by atoms with E-state index in [2.05, 4.69) is 10.3 Å². The topological polar surface area (TPSA) is 82.5 Å². The second-order valence-electron chi connectivity index (χ2n) is 5.09. The molecule has 1 rings (SSSR count). The predicted octanol–water partition coefficient (Wildman–Crippen LogP) is 1.91. The maximum Gasteiger partial charge on any atom is 0.317 e. The predicted molar refractivity (Wildman–Crippen MR) is 80.1 cm³/mol. The van der Waals surface area contributed by atoms with Crippen LogP contribution in [-0.4, -0.2) is 46.1 Å². The van der Waals surface area contributed by atoms with Gasteiger partial charge in [-0.15, -0.1) is 0 Å². The second-order valence-corrected chi connectivity index (χ2v) is 5.09. The number of aliphatic carboxylic acids is 1. The maximum absolute atomic E-state index is 12.1. The van der Waals surface area contributed by atoms with Gasteiger partial charge >= 0.3 is 12.0 Å². The highest BCUT2D eigenvalue weighted by Crippen LogP contribution is 2.03. The lowest BCUT2D eigenvalue weighted by Gasteiger charge is -2.26. The SMILES string of the molecule is CC(C)N(CCCC(=O)O)C(=O)NCCc1ccccn1. The zero-order valence-electron chi connectivity index (χ0n) is 12.6. The molecule has 0 radical (unpaired) electrons. The monoisotopic (exact) mass is 293 g/mol. The number of hydrogen-bond acceptors (Lipinski definition) is 3. The van der Waals surface area contributed by atoms with Crippen molar-refractivity contribution in [1.82, 2.24) is 15.2 Å². The van der Waals surface area contributed by atoms with Gasteiger partial charge < -0.3 is 15.3 Å². The molecule has 0 fully saturated rings. The molecule has 0 aliphatic carbocycles. The molecule has 0 unspecified atom stereocenters. The van der Waals surface area contributed by atoms with Crippen LogP contribution in [0.1, 0.15) is 32.4 Å². The molecule has 116 valence electrons. The van der Waals surface area contributed by atoms with E-state index in [1.807, 2.05) is 32.0 Å². The minimum atomic E-state index is -0.839. The number of carbonyl (C=O) groups excluding carboxylic acids is 1. The van der Waals surface area contributed by atoms with Gasteiger partial charge in [0.25, 0.3) is 0 Å². The molecule has 0 bridgehead atoms. The smallest absolute Gasteiger partial charge is 0.317 e. The average molecular weight is 293 g/mol. The molecule has 1 heterocycles. The van der Waals surface area contributed by atoms with Crippen LogP contribution in [0.3, 0.4) is 0 Å². The molecule has 0 saturated carbocycles. The van der Waals surface area contributed by atoms with Gasteiger partial charge in [0.05, 0.1) is 0 Å². The summed E-state index contributed by atoms with van der Waals surface area (Å²) in [7, 11) is 0. The van der Waals surface area contributed by atoms with E-state index in [0.29, 0.717) is 25.9 Å². The van der Waals surface area contributed by atoms with Crippen LogP contribution < -0.4 is 5.32 Å².